The van der Waals surface area contributed by atoms with Crippen molar-refractivity contribution in [3.8, 4) is 5.69 Å². The fraction of sp³-hybridized carbons (Fsp3) is 0.333. The van der Waals surface area contributed by atoms with Crippen LogP contribution in [0.3, 0.4) is 0 Å². The van der Waals surface area contributed by atoms with Gasteiger partial charge in [-0.05, 0) is 44.1 Å². The van der Waals surface area contributed by atoms with E-state index in [1.54, 1.807) is 12.5 Å². The van der Waals surface area contributed by atoms with E-state index < -0.39 is 0 Å². The molecular formula is C15H18N4O. The zero-order chi connectivity index (χ0) is 13.8. The van der Waals surface area contributed by atoms with E-state index >= 15 is 0 Å². The number of carbonyl (C=O) groups excluding carboxylic acids is 1. The molecule has 1 saturated heterocycles. The quantitative estimate of drug-likeness (QED) is 0.885. The lowest BCUT2D eigenvalue weighted by molar-refractivity contribution is 0.0929. The third-order valence-electron chi connectivity index (χ3n) is 3.59. The lowest BCUT2D eigenvalue weighted by atomic mass is 10.1. The highest BCUT2D eigenvalue weighted by Gasteiger charge is 2.16. The number of benzene rings is 1. The van der Waals surface area contributed by atoms with Gasteiger partial charge in [-0.3, -0.25) is 4.79 Å². The van der Waals surface area contributed by atoms with Gasteiger partial charge in [-0.15, -0.1) is 0 Å². The molecule has 5 nitrogen and oxygen atoms in total. The molecule has 0 bridgehead atoms. The Hall–Kier alpha value is -2.14. The SMILES string of the molecule is O=C(NC1CCNCC1)c1cccc(-n2ccnc2)c1. The van der Waals surface area contributed by atoms with Crippen molar-refractivity contribution < 1.29 is 4.79 Å². The standard InChI is InChI=1S/C15H18N4O/c20-15(18-13-4-6-16-7-5-13)12-2-1-3-14(10-12)19-9-8-17-11-19/h1-3,8-11,13,16H,4-7H2,(H,18,20). The zero-order valence-corrected chi connectivity index (χ0v) is 11.2. The van der Waals surface area contributed by atoms with E-state index in [9.17, 15) is 4.79 Å². The average Bonchev–Trinajstić information content (AvgIpc) is 3.03. The van der Waals surface area contributed by atoms with Gasteiger partial charge in [0.1, 0.15) is 0 Å². The summed E-state index contributed by atoms with van der Waals surface area (Å²) in [5, 5.41) is 6.40. The van der Waals surface area contributed by atoms with E-state index in [0.29, 0.717) is 5.56 Å². The highest BCUT2D eigenvalue weighted by molar-refractivity contribution is 5.94. The molecule has 1 aromatic carbocycles. The number of rotatable bonds is 3. The van der Waals surface area contributed by atoms with Crippen molar-refractivity contribution in [1.82, 2.24) is 20.2 Å². The van der Waals surface area contributed by atoms with Crippen LogP contribution in [-0.4, -0.2) is 34.6 Å². The highest BCUT2D eigenvalue weighted by atomic mass is 16.1. The summed E-state index contributed by atoms with van der Waals surface area (Å²) in [5.41, 5.74) is 1.63. The van der Waals surface area contributed by atoms with Crippen LogP contribution in [0.1, 0.15) is 23.2 Å². The number of aromatic nitrogens is 2. The van der Waals surface area contributed by atoms with E-state index in [1.807, 2.05) is 35.0 Å². The van der Waals surface area contributed by atoms with Gasteiger partial charge in [0.25, 0.3) is 5.91 Å². The van der Waals surface area contributed by atoms with Gasteiger partial charge in [0.2, 0.25) is 0 Å². The first-order valence-electron chi connectivity index (χ1n) is 6.93. The Kier molecular flexibility index (Phi) is 3.78. The van der Waals surface area contributed by atoms with E-state index in [-0.39, 0.29) is 11.9 Å². The Morgan fingerprint density at radius 3 is 2.95 bits per heavy atom. The van der Waals surface area contributed by atoms with Crippen LogP contribution in [-0.2, 0) is 0 Å². The maximum atomic E-state index is 12.3. The van der Waals surface area contributed by atoms with Crippen molar-refractivity contribution in [2.45, 2.75) is 18.9 Å². The molecule has 104 valence electrons. The molecular weight excluding hydrogens is 252 g/mol. The van der Waals surface area contributed by atoms with Crippen molar-refractivity contribution in [3.63, 3.8) is 0 Å². The molecule has 1 aliphatic heterocycles. The minimum atomic E-state index is -0.00105. The van der Waals surface area contributed by atoms with E-state index in [0.717, 1.165) is 31.6 Å². The summed E-state index contributed by atoms with van der Waals surface area (Å²) in [6, 6.07) is 7.87. The predicted molar refractivity (Wildman–Crippen MR) is 76.9 cm³/mol. The molecule has 2 heterocycles. The molecule has 0 aliphatic carbocycles. The number of hydrogen-bond acceptors (Lipinski definition) is 3. The first-order valence-corrected chi connectivity index (χ1v) is 6.93. The lowest BCUT2D eigenvalue weighted by Gasteiger charge is -2.23. The summed E-state index contributed by atoms with van der Waals surface area (Å²) >= 11 is 0. The van der Waals surface area contributed by atoms with Crippen molar-refractivity contribution in [2.24, 2.45) is 0 Å². The topological polar surface area (TPSA) is 59.0 Å². The highest BCUT2D eigenvalue weighted by Crippen LogP contribution is 2.11. The molecule has 0 radical (unpaired) electrons. The third kappa shape index (κ3) is 2.88. The van der Waals surface area contributed by atoms with Crippen LogP contribution in [0.5, 0.6) is 0 Å². The molecule has 2 aromatic rings. The molecule has 3 rings (SSSR count). The van der Waals surface area contributed by atoms with Crippen LogP contribution in [0, 0.1) is 0 Å². The second kappa shape index (κ2) is 5.88. The molecule has 0 atom stereocenters. The third-order valence-corrected chi connectivity index (χ3v) is 3.59. The van der Waals surface area contributed by atoms with Crippen LogP contribution in [0.15, 0.2) is 43.0 Å². The summed E-state index contributed by atoms with van der Waals surface area (Å²) < 4.78 is 1.89. The summed E-state index contributed by atoms with van der Waals surface area (Å²) in [4.78, 5) is 16.3. The van der Waals surface area contributed by atoms with Gasteiger partial charge >= 0.3 is 0 Å². The molecule has 0 unspecified atom stereocenters. The Bertz CT molecular complexity index is 573. The van der Waals surface area contributed by atoms with Gasteiger partial charge in [0.05, 0.1) is 6.33 Å². The molecule has 5 heteroatoms. The zero-order valence-electron chi connectivity index (χ0n) is 11.2. The first-order chi connectivity index (χ1) is 9.83. The molecule has 0 saturated carbocycles. The lowest BCUT2D eigenvalue weighted by Crippen LogP contribution is -2.42. The number of nitrogens with one attached hydrogen (secondary N) is 2. The van der Waals surface area contributed by atoms with Crippen LogP contribution >= 0.6 is 0 Å². The number of nitrogens with zero attached hydrogens (tertiary/aromatic N) is 2. The minimum Gasteiger partial charge on any atom is -0.349 e. The fourth-order valence-corrected chi connectivity index (χ4v) is 2.45. The van der Waals surface area contributed by atoms with Crippen LogP contribution in [0.4, 0.5) is 0 Å². The second-order valence-electron chi connectivity index (χ2n) is 5.02. The van der Waals surface area contributed by atoms with Crippen LogP contribution in [0.2, 0.25) is 0 Å². The van der Waals surface area contributed by atoms with Gasteiger partial charge in [-0.2, -0.15) is 0 Å². The smallest absolute Gasteiger partial charge is 0.251 e. The summed E-state index contributed by atoms with van der Waals surface area (Å²) in [7, 11) is 0. The van der Waals surface area contributed by atoms with Crippen molar-refractivity contribution in [3.05, 3.63) is 48.5 Å². The Morgan fingerprint density at radius 1 is 1.35 bits per heavy atom. The number of carbonyl (C=O) groups is 1. The van der Waals surface area contributed by atoms with Gasteiger partial charge in [-0.1, -0.05) is 6.07 Å². The second-order valence-corrected chi connectivity index (χ2v) is 5.02. The maximum Gasteiger partial charge on any atom is 0.251 e. The Balaban J connectivity index is 1.73. The molecule has 2 N–H and O–H groups in total. The average molecular weight is 270 g/mol. The number of hydrogen-bond donors (Lipinski definition) is 2. The molecule has 1 aromatic heterocycles. The number of amides is 1. The fourth-order valence-electron chi connectivity index (χ4n) is 2.45. The number of piperidine rings is 1. The predicted octanol–water partition coefficient (Wildman–Crippen LogP) is 1.35. The molecule has 1 aliphatic rings. The van der Waals surface area contributed by atoms with Gasteiger partial charge in [0.15, 0.2) is 0 Å². The van der Waals surface area contributed by atoms with Crippen LogP contribution < -0.4 is 10.6 Å². The Morgan fingerprint density at radius 2 is 2.20 bits per heavy atom. The van der Waals surface area contributed by atoms with Crippen LogP contribution in [0.25, 0.3) is 5.69 Å². The van der Waals surface area contributed by atoms with E-state index in [2.05, 4.69) is 15.6 Å². The summed E-state index contributed by atoms with van der Waals surface area (Å²) in [5.74, 6) is -0.00105. The van der Waals surface area contributed by atoms with Gasteiger partial charge in [-0.25, -0.2) is 4.98 Å². The molecule has 1 fully saturated rings. The number of imidazole rings is 1. The Labute approximate surface area is 118 Å². The maximum absolute atomic E-state index is 12.3. The van der Waals surface area contributed by atoms with Crippen molar-refractivity contribution in [1.29, 1.82) is 0 Å². The van der Waals surface area contributed by atoms with Crippen molar-refractivity contribution in [2.75, 3.05) is 13.1 Å². The van der Waals surface area contributed by atoms with Gasteiger partial charge in [0, 0.05) is 29.7 Å². The monoisotopic (exact) mass is 270 g/mol. The summed E-state index contributed by atoms with van der Waals surface area (Å²) in [6.45, 7) is 1.94. The minimum absolute atomic E-state index is 0.00105. The molecule has 20 heavy (non-hydrogen) atoms. The first kappa shape index (κ1) is 12.9. The van der Waals surface area contributed by atoms with E-state index in [4.69, 9.17) is 0 Å². The van der Waals surface area contributed by atoms with Gasteiger partial charge < -0.3 is 15.2 Å². The molecule has 0 spiro atoms. The molecule has 1 amide bonds. The summed E-state index contributed by atoms with van der Waals surface area (Å²) in [6.07, 6.45) is 7.30. The van der Waals surface area contributed by atoms with Crippen molar-refractivity contribution >= 4 is 5.91 Å². The largest absolute Gasteiger partial charge is 0.349 e. The normalized spacial score (nSPS) is 16.0. The van der Waals surface area contributed by atoms with E-state index in [1.165, 1.54) is 0 Å².